The van der Waals surface area contributed by atoms with Crippen molar-refractivity contribution in [3.63, 3.8) is 0 Å². The highest BCUT2D eigenvalue weighted by Crippen LogP contribution is 2.22. The lowest BCUT2D eigenvalue weighted by atomic mass is 10.1. The molecule has 5 nitrogen and oxygen atoms in total. The number of piperazine rings is 1. The SMILES string of the molecule is CC(=O)c1ccc(N2CCN(CCS(C)(=O)=O)CC2)c(F)c1. The Balaban J connectivity index is 1.95. The van der Waals surface area contributed by atoms with Gasteiger partial charge in [-0.25, -0.2) is 12.8 Å². The Morgan fingerprint density at radius 1 is 1.23 bits per heavy atom. The summed E-state index contributed by atoms with van der Waals surface area (Å²) in [5, 5.41) is 0. The minimum Gasteiger partial charge on any atom is -0.367 e. The number of hydrogen-bond acceptors (Lipinski definition) is 5. The molecule has 2 rings (SSSR count). The molecule has 0 spiro atoms. The molecule has 1 aliphatic rings. The van der Waals surface area contributed by atoms with Crippen LogP contribution in [-0.4, -0.2) is 63.8 Å². The molecule has 1 fully saturated rings. The number of hydrogen-bond donors (Lipinski definition) is 0. The number of anilines is 1. The predicted octanol–water partition coefficient (Wildman–Crippen LogP) is 1.19. The van der Waals surface area contributed by atoms with Crippen molar-refractivity contribution in [1.29, 1.82) is 0 Å². The van der Waals surface area contributed by atoms with Gasteiger partial charge in [0.15, 0.2) is 5.78 Å². The van der Waals surface area contributed by atoms with Gasteiger partial charge in [0, 0.05) is 44.5 Å². The van der Waals surface area contributed by atoms with E-state index in [2.05, 4.69) is 4.90 Å². The first-order valence-corrected chi connectivity index (χ1v) is 9.28. The van der Waals surface area contributed by atoms with Crippen molar-refractivity contribution in [1.82, 2.24) is 4.90 Å². The van der Waals surface area contributed by atoms with Crippen molar-refractivity contribution < 1.29 is 17.6 Å². The summed E-state index contributed by atoms with van der Waals surface area (Å²) in [5.74, 6) is -0.400. The van der Waals surface area contributed by atoms with Crippen molar-refractivity contribution >= 4 is 21.3 Å². The lowest BCUT2D eigenvalue weighted by molar-refractivity contribution is 0.101. The summed E-state index contributed by atoms with van der Waals surface area (Å²) >= 11 is 0. The summed E-state index contributed by atoms with van der Waals surface area (Å²) in [6.07, 6.45) is 1.23. The minimum atomic E-state index is -2.96. The van der Waals surface area contributed by atoms with Gasteiger partial charge in [0.25, 0.3) is 0 Å². The van der Waals surface area contributed by atoms with Crippen LogP contribution in [0.4, 0.5) is 10.1 Å². The fourth-order valence-electron chi connectivity index (χ4n) is 2.49. The Kier molecular flexibility index (Phi) is 5.18. The van der Waals surface area contributed by atoms with E-state index in [1.807, 2.05) is 4.90 Å². The summed E-state index contributed by atoms with van der Waals surface area (Å²) in [5.41, 5.74) is 0.862. The first kappa shape index (κ1) is 16.9. The van der Waals surface area contributed by atoms with Crippen LogP contribution in [0.3, 0.4) is 0 Å². The molecule has 1 heterocycles. The maximum Gasteiger partial charge on any atom is 0.159 e. The molecule has 7 heteroatoms. The quantitative estimate of drug-likeness (QED) is 0.760. The predicted molar refractivity (Wildman–Crippen MR) is 84.8 cm³/mol. The smallest absolute Gasteiger partial charge is 0.159 e. The zero-order valence-corrected chi connectivity index (χ0v) is 13.7. The van der Waals surface area contributed by atoms with Crippen LogP contribution in [-0.2, 0) is 9.84 Å². The molecule has 1 aliphatic heterocycles. The first-order chi connectivity index (χ1) is 10.3. The molecule has 0 unspecified atom stereocenters. The molecule has 0 atom stereocenters. The number of benzene rings is 1. The van der Waals surface area contributed by atoms with Crippen LogP contribution >= 0.6 is 0 Å². The van der Waals surface area contributed by atoms with Crippen LogP contribution in [0.1, 0.15) is 17.3 Å². The van der Waals surface area contributed by atoms with Crippen molar-refractivity contribution in [3.05, 3.63) is 29.6 Å². The van der Waals surface area contributed by atoms with Gasteiger partial charge in [-0.2, -0.15) is 0 Å². The third kappa shape index (κ3) is 4.51. The highest BCUT2D eigenvalue weighted by Gasteiger charge is 2.20. The van der Waals surface area contributed by atoms with E-state index in [9.17, 15) is 17.6 Å². The Morgan fingerprint density at radius 2 is 1.86 bits per heavy atom. The summed E-state index contributed by atoms with van der Waals surface area (Å²) in [7, 11) is -2.96. The van der Waals surface area contributed by atoms with Crippen LogP contribution in [0.5, 0.6) is 0 Å². The maximum absolute atomic E-state index is 14.1. The third-order valence-electron chi connectivity index (χ3n) is 3.85. The van der Waals surface area contributed by atoms with Crippen LogP contribution in [0.2, 0.25) is 0 Å². The molecular formula is C15H21FN2O3S. The van der Waals surface area contributed by atoms with Crippen LogP contribution in [0.15, 0.2) is 18.2 Å². The molecule has 0 saturated carbocycles. The van der Waals surface area contributed by atoms with Crippen LogP contribution in [0, 0.1) is 5.82 Å². The largest absolute Gasteiger partial charge is 0.367 e. The number of nitrogens with zero attached hydrogens (tertiary/aromatic N) is 2. The molecule has 0 N–H and O–H groups in total. The fraction of sp³-hybridized carbons (Fsp3) is 0.533. The van der Waals surface area contributed by atoms with Gasteiger partial charge in [0.05, 0.1) is 11.4 Å². The Labute approximate surface area is 130 Å². The van der Waals surface area contributed by atoms with E-state index >= 15 is 0 Å². The van der Waals surface area contributed by atoms with Crippen LogP contribution in [0.25, 0.3) is 0 Å². The normalized spacial score (nSPS) is 16.8. The fourth-order valence-corrected chi connectivity index (χ4v) is 3.08. The van der Waals surface area contributed by atoms with Crippen molar-refractivity contribution in [3.8, 4) is 0 Å². The van der Waals surface area contributed by atoms with E-state index in [0.717, 1.165) is 0 Å². The number of Topliss-reactive ketones (excluding diaryl/α,β-unsaturated/α-hetero) is 1. The van der Waals surface area contributed by atoms with E-state index in [1.54, 1.807) is 12.1 Å². The summed E-state index contributed by atoms with van der Waals surface area (Å²) in [6, 6.07) is 4.54. The second kappa shape index (κ2) is 6.75. The summed E-state index contributed by atoms with van der Waals surface area (Å²) in [6.45, 7) is 4.60. The Morgan fingerprint density at radius 3 is 2.36 bits per heavy atom. The van der Waals surface area contributed by atoms with Gasteiger partial charge in [-0.3, -0.25) is 9.69 Å². The van der Waals surface area contributed by atoms with Gasteiger partial charge >= 0.3 is 0 Å². The zero-order valence-electron chi connectivity index (χ0n) is 12.9. The summed E-state index contributed by atoms with van der Waals surface area (Å²) < 4.78 is 36.5. The third-order valence-corrected chi connectivity index (χ3v) is 4.77. The highest BCUT2D eigenvalue weighted by molar-refractivity contribution is 7.90. The second-order valence-corrected chi connectivity index (χ2v) is 7.94. The van der Waals surface area contributed by atoms with Crippen molar-refractivity contribution in [2.24, 2.45) is 0 Å². The molecule has 1 aromatic carbocycles. The molecule has 0 bridgehead atoms. The van der Waals surface area contributed by atoms with Gasteiger partial charge in [0.1, 0.15) is 15.7 Å². The van der Waals surface area contributed by atoms with Gasteiger partial charge in [-0.15, -0.1) is 0 Å². The average Bonchev–Trinajstić information content (AvgIpc) is 2.45. The molecule has 1 saturated heterocycles. The van der Waals surface area contributed by atoms with Gasteiger partial charge in [-0.05, 0) is 25.1 Å². The van der Waals surface area contributed by atoms with Gasteiger partial charge in [-0.1, -0.05) is 0 Å². The molecule has 22 heavy (non-hydrogen) atoms. The number of carbonyl (C=O) groups is 1. The van der Waals surface area contributed by atoms with E-state index in [-0.39, 0.29) is 11.5 Å². The lowest BCUT2D eigenvalue weighted by Crippen LogP contribution is -2.47. The Hall–Kier alpha value is -1.47. The zero-order chi connectivity index (χ0) is 16.3. The van der Waals surface area contributed by atoms with Gasteiger partial charge in [0.2, 0.25) is 0 Å². The van der Waals surface area contributed by atoms with E-state index in [1.165, 1.54) is 19.2 Å². The van der Waals surface area contributed by atoms with E-state index < -0.39 is 15.7 Å². The topological polar surface area (TPSA) is 57.7 Å². The van der Waals surface area contributed by atoms with Crippen molar-refractivity contribution in [2.75, 3.05) is 49.6 Å². The molecular weight excluding hydrogens is 307 g/mol. The number of ketones is 1. The monoisotopic (exact) mass is 328 g/mol. The molecule has 0 aliphatic carbocycles. The minimum absolute atomic E-state index is 0.147. The molecule has 122 valence electrons. The molecule has 1 aromatic rings. The Bertz CT molecular complexity index is 653. The second-order valence-electron chi connectivity index (χ2n) is 5.68. The van der Waals surface area contributed by atoms with Gasteiger partial charge < -0.3 is 4.90 Å². The number of sulfone groups is 1. The lowest BCUT2D eigenvalue weighted by Gasteiger charge is -2.36. The number of carbonyl (C=O) groups excluding carboxylic acids is 1. The van der Waals surface area contributed by atoms with E-state index in [0.29, 0.717) is 44.0 Å². The van der Waals surface area contributed by atoms with Crippen molar-refractivity contribution in [2.45, 2.75) is 6.92 Å². The summed E-state index contributed by atoms with van der Waals surface area (Å²) in [4.78, 5) is 15.2. The standard InChI is InChI=1S/C15H21FN2O3S/c1-12(19)13-3-4-15(14(16)11-13)18-7-5-17(6-8-18)9-10-22(2,20)21/h3-4,11H,5-10H2,1-2H3. The molecule has 0 radical (unpaired) electrons. The average molecular weight is 328 g/mol. The van der Waals surface area contributed by atoms with Crippen LogP contribution < -0.4 is 4.90 Å². The highest BCUT2D eigenvalue weighted by atomic mass is 32.2. The number of halogens is 1. The number of rotatable bonds is 5. The molecule has 0 aromatic heterocycles. The first-order valence-electron chi connectivity index (χ1n) is 7.22. The molecule has 0 amide bonds. The maximum atomic E-state index is 14.1. The van der Waals surface area contributed by atoms with E-state index in [4.69, 9.17) is 0 Å².